The third kappa shape index (κ3) is 2.58. The fourth-order valence-corrected chi connectivity index (χ4v) is 3.72. The van der Waals surface area contributed by atoms with E-state index in [1.165, 1.54) is 12.1 Å². The molecular formula is C12H17FN2O3S. The van der Waals surface area contributed by atoms with Crippen LogP contribution in [0.25, 0.3) is 0 Å². The third-order valence-electron chi connectivity index (χ3n) is 3.56. The number of hydrogen-bond acceptors (Lipinski definition) is 4. The van der Waals surface area contributed by atoms with Crippen molar-refractivity contribution in [3.63, 3.8) is 0 Å². The van der Waals surface area contributed by atoms with Gasteiger partial charge in [-0.25, -0.2) is 17.5 Å². The van der Waals surface area contributed by atoms with Crippen LogP contribution in [0.5, 0.6) is 0 Å². The van der Waals surface area contributed by atoms with E-state index in [1.807, 2.05) is 0 Å². The molecule has 0 aliphatic carbocycles. The molecule has 1 heterocycles. The molecule has 1 aliphatic rings. The molecule has 0 bridgehead atoms. The molecular weight excluding hydrogens is 271 g/mol. The average Bonchev–Trinajstić information content (AvgIpc) is 2.61. The van der Waals surface area contributed by atoms with E-state index >= 15 is 0 Å². The second-order valence-corrected chi connectivity index (χ2v) is 6.59. The summed E-state index contributed by atoms with van der Waals surface area (Å²) in [5.41, 5.74) is 4.41. The summed E-state index contributed by atoms with van der Waals surface area (Å²) in [4.78, 5) is -0.243. The van der Waals surface area contributed by atoms with Crippen molar-refractivity contribution < 1.29 is 17.5 Å². The lowest BCUT2D eigenvalue weighted by atomic mass is 9.97. The molecule has 2 rings (SSSR count). The summed E-state index contributed by atoms with van der Waals surface area (Å²) in [6, 6.07) is 3.72. The Hall–Kier alpha value is -1.18. The smallest absolute Gasteiger partial charge is 0.243 e. The highest BCUT2D eigenvalue weighted by molar-refractivity contribution is 7.89. The Bertz CT molecular complexity index is 591. The first-order valence-electron chi connectivity index (χ1n) is 5.96. The Morgan fingerprint density at radius 2 is 2.21 bits per heavy atom. The van der Waals surface area contributed by atoms with Gasteiger partial charge in [0.1, 0.15) is 10.7 Å². The molecule has 1 aromatic rings. The van der Waals surface area contributed by atoms with Gasteiger partial charge in [-0.05, 0) is 32.4 Å². The van der Waals surface area contributed by atoms with Crippen molar-refractivity contribution in [2.24, 2.45) is 0 Å². The van der Waals surface area contributed by atoms with Crippen molar-refractivity contribution in [1.82, 2.24) is 4.72 Å². The minimum Gasteiger partial charge on any atom is -0.395 e. The van der Waals surface area contributed by atoms with Gasteiger partial charge in [0, 0.05) is 6.61 Å². The van der Waals surface area contributed by atoms with E-state index < -0.39 is 21.4 Å². The van der Waals surface area contributed by atoms with Crippen molar-refractivity contribution in [3.8, 4) is 0 Å². The van der Waals surface area contributed by atoms with E-state index in [-0.39, 0.29) is 16.7 Å². The molecule has 0 saturated carbocycles. The number of nitrogen functional groups attached to an aromatic ring is 1. The Morgan fingerprint density at radius 1 is 1.53 bits per heavy atom. The summed E-state index contributed by atoms with van der Waals surface area (Å²) in [7, 11) is -3.88. The standard InChI is InChI=1S/C12H17FN2O3S/c1-8-12(2,6-7-18-8)15-19(16,17)10-5-3-4-9(13)11(10)14/h3-5,8,15H,6-7,14H2,1-2H3. The van der Waals surface area contributed by atoms with Crippen LogP contribution < -0.4 is 10.5 Å². The van der Waals surface area contributed by atoms with Crippen molar-refractivity contribution in [1.29, 1.82) is 0 Å². The highest BCUT2D eigenvalue weighted by atomic mass is 32.2. The maximum absolute atomic E-state index is 13.4. The molecule has 7 heteroatoms. The summed E-state index contributed by atoms with van der Waals surface area (Å²) < 4.78 is 45.9. The summed E-state index contributed by atoms with van der Waals surface area (Å²) in [6.45, 7) is 4.04. The van der Waals surface area contributed by atoms with Gasteiger partial charge in [0.25, 0.3) is 0 Å². The molecule has 1 saturated heterocycles. The number of nitrogens with one attached hydrogen (secondary N) is 1. The molecule has 106 valence electrons. The second kappa shape index (κ2) is 4.73. The molecule has 0 radical (unpaired) electrons. The number of nitrogens with two attached hydrogens (primary N) is 1. The number of rotatable bonds is 3. The summed E-state index contributed by atoms with van der Waals surface area (Å²) >= 11 is 0. The molecule has 19 heavy (non-hydrogen) atoms. The Morgan fingerprint density at radius 3 is 2.79 bits per heavy atom. The van der Waals surface area contributed by atoms with Gasteiger partial charge < -0.3 is 10.5 Å². The molecule has 5 nitrogen and oxygen atoms in total. The summed E-state index contributed by atoms with van der Waals surface area (Å²) in [5.74, 6) is -0.747. The van der Waals surface area contributed by atoms with Gasteiger partial charge in [0.15, 0.2) is 0 Å². The topological polar surface area (TPSA) is 81.4 Å². The fourth-order valence-electron chi connectivity index (χ4n) is 2.08. The van der Waals surface area contributed by atoms with Gasteiger partial charge >= 0.3 is 0 Å². The van der Waals surface area contributed by atoms with Crippen molar-refractivity contribution in [2.75, 3.05) is 12.3 Å². The zero-order chi connectivity index (χ0) is 14.3. The monoisotopic (exact) mass is 288 g/mol. The number of sulfonamides is 1. The highest BCUT2D eigenvalue weighted by Gasteiger charge is 2.41. The zero-order valence-electron chi connectivity index (χ0n) is 10.8. The van der Waals surface area contributed by atoms with Crippen LogP contribution in [0.4, 0.5) is 10.1 Å². The van der Waals surface area contributed by atoms with Gasteiger partial charge in [-0.1, -0.05) is 6.07 Å². The first-order valence-corrected chi connectivity index (χ1v) is 7.44. The van der Waals surface area contributed by atoms with Crippen molar-refractivity contribution in [2.45, 2.75) is 36.8 Å². The van der Waals surface area contributed by atoms with Crippen LogP contribution in [0.15, 0.2) is 23.1 Å². The molecule has 0 amide bonds. The number of anilines is 1. The number of para-hydroxylation sites is 1. The van der Waals surface area contributed by atoms with E-state index in [0.29, 0.717) is 13.0 Å². The summed E-state index contributed by atoms with van der Waals surface area (Å²) in [5, 5.41) is 0. The number of benzene rings is 1. The van der Waals surface area contributed by atoms with E-state index in [1.54, 1.807) is 13.8 Å². The minimum absolute atomic E-state index is 0.243. The van der Waals surface area contributed by atoms with Gasteiger partial charge in [0.2, 0.25) is 10.0 Å². The molecule has 0 spiro atoms. The quantitative estimate of drug-likeness (QED) is 0.820. The van der Waals surface area contributed by atoms with Crippen LogP contribution >= 0.6 is 0 Å². The normalized spacial score (nSPS) is 27.6. The fraction of sp³-hybridized carbons (Fsp3) is 0.500. The summed E-state index contributed by atoms with van der Waals surface area (Å²) in [6.07, 6.45) is 0.305. The van der Waals surface area contributed by atoms with E-state index in [9.17, 15) is 12.8 Å². The Balaban J connectivity index is 2.36. The Kier molecular flexibility index (Phi) is 3.55. The van der Waals surface area contributed by atoms with Gasteiger partial charge in [-0.2, -0.15) is 0 Å². The van der Waals surface area contributed by atoms with Crippen LogP contribution in [-0.2, 0) is 14.8 Å². The molecule has 1 aromatic carbocycles. The third-order valence-corrected chi connectivity index (χ3v) is 5.23. The van der Waals surface area contributed by atoms with Crippen molar-refractivity contribution >= 4 is 15.7 Å². The van der Waals surface area contributed by atoms with E-state index in [2.05, 4.69) is 4.72 Å². The van der Waals surface area contributed by atoms with Crippen LogP contribution in [0, 0.1) is 5.82 Å². The second-order valence-electron chi connectivity index (χ2n) is 4.94. The molecule has 0 aromatic heterocycles. The largest absolute Gasteiger partial charge is 0.395 e. The zero-order valence-corrected chi connectivity index (χ0v) is 11.6. The SMILES string of the molecule is CC1OCCC1(C)NS(=O)(=O)c1cccc(F)c1N. The highest BCUT2D eigenvalue weighted by Crippen LogP contribution is 2.29. The lowest BCUT2D eigenvalue weighted by Crippen LogP contribution is -2.50. The first-order chi connectivity index (χ1) is 8.76. The number of halogens is 1. The lowest BCUT2D eigenvalue weighted by Gasteiger charge is -2.28. The van der Waals surface area contributed by atoms with Crippen LogP contribution in [0.1, 0.15) is 20.3 Å². The first kappa shape index (κ1) is 14.2. The minimum atomic E-state index is -3.88. The van der Waals surface area contributed by atoms with Gasteiger partial charge in [0.05, 0.1) is 17.3 Å². The lowest BCUT2D eigenvalue weighted by molar-refractivity contribution is 0.0957. The van der Waals surface area contributed by atoms with E-state index in [0.717, 1.165) is 6.07 Å². The number of hydrogen-bond donors (Lipinski definition) is 2. The van der Waals surface area contributed by atoms with Gasteiger partial charge in [-0.3, -0.25) is 0 Å². The van der Waals surface area contributed by atoms with Gasteiger partial charge in [-0.15, -0.1) is 0 Å². The predicted octanol–water partition coefficient (Wildman–Crippen LogP) is 1.25. The Labute approximate surface area is 112 Å². The van der Waals surface area contributed by atoms with Crippen LogP contribution in [0.3, 0.4) is 0 Å². The van der Waals surface area contributed by atoms with Crippen LogP contribution in [0.2, 0.25) is 0 Å². The molecule has 2 atom stereocenters. The average molecular weight is 288 g/mol. The maximum Gasteiger partial charge on any atom is 0.243 e. The molecule has 3 N–H and O–H groups in total. The van der Waals surface area contributed by atoms with E-state index in [4.69, 9.17) is 10.5 Å². The van der Waals surface area contributed by atoms with Crippen LogP contribution in [-0.4, -0.2) is 26.7 Å². The van der Waals surface area contributed by atoms with Crippen molar-refractivity contribution in [3.05, 3.63) is 24.0 Å². The molecule has 2 unspecified atom stereocenters. The molecule has 1 fully saturated rings. The maximum atomic E-state index is 13.4. The number of ether oxygens (including phenoxy) is 1. The molecule has 1 aliphatic heterocycles. The predicted molar refractivity (Wildman–Crippen MR) is 69.6 cm³/mol.